The van der Waals surface area contributed by atoms with Gasteiger partial charge in [0.1, 0.15) is 11.3 Å². The van der Waals surface area contributed by atoms with Crippen LogP contribution >= 0.6 is 0 Å². The number of rotatable bonds is 13. The molecule has 1 amide bonds. The highest BCUT2D eigenvalue weighted by Gasteiger charge is 2.68. The number of nitrogens with two attached hydrogens (primary N) is 1. The summed E-state index contributed by atoms with van der Waals surface area (Å²) in [4.78, 5) is 41.1. The molecule has 0 aliphatic carbocycles. The van der Waals surface area contributed by atoms with Crippen molar-refractivity contribution in [2.45, 2.75) is 179 Å². The Labute approximate surface area is 322 Å². The van der Waals surface area contributed by atoms with E-state index in [2.05, 4.69) is 106 Å². The number of nitrogens with zero attached hydrogens (tertiary/aromatic N) is 2. The third-order valence-electron chi connectivity index (χ3n) is 15.9. The largest absolute Gasteiger partial charge is 0.370 e. The van der Waals surface area contributed by atoms with Crippen molar-refractivity contribution in [3.05, 3.63) is 34.3 Å². The Kier molecular flexibility index (Phi) is 11.4. The standard InChI is InChI=1S/C46H73N5O2/c1-15-20-31-34-26-35-42(9,10)32(22-23-36(47)53)37(49-35)28(7)40-44(12,25-24-27(6)52)30(17-3)41(50-40)46(14)45(13,19-5)33(21-16-2)38(51-46)29(8)39(48-34)43(31,11)18-4/h26,30-33,41,48H,15-25H2,1-14H3,(H2,47,53)/p+1/b34-26-,37-28-,39-29-/t30-,31+,32+,33+,41+,43-,44+,45-,46-/m0/s1. The van der Waals surface area contributed by atoms with Crippen LogP contribution in [-0.2, 0) is 9.59 Å². The number of fused-ring (bicyclic) bond motifs is 6. The van der Waals surface area contributed by atoms with E-state index in [0.29, 0.717) is 31.1 Å². The Morgan fingerprint density at radius 3 is 2.04 bits per heavy atom. The molecule has 8 bridgehead atoms. The maximum absolute atomic E-state index is 12.7. The molecular weight excluding hydrogens is 655 g/mol. The highest BCUT2D eigenvalue weighted by Crippen LogP contribution is 2.59. The summed E-state index contributed by atoms with van der Waals surface area (Å²) in [5, 5.41) is 4.12. The lowest BCUT2D eigenvalue weighted by atomic mass is 9.56. The molecule has 4 N–H and O–H groups in total. The van der Waals surface area contributed by atoms with Gasteiger partial charge in [-0.25, -0.2) is 4.99 Å². The number of hydrogen-bond donors (Lipinski definition) is 3. The van der Waals surface area contributed by atoms with Gasteiger partial charge in [-0.3, -0.25) is 14.8 Å². The number of nitrogens with one attached hydrogen (secondary N) is 2. The predicted molar refractivity (Wildman–Crippen MR) is 221 cm³/mol. The molecule has 5 rings (SSSR count). The van der Waals surface area contributed by atoms with Crippen LogP contribution in [0.5, 0.6) is 0 Å². The monoisotopic (exact) mass is 729 g/mol. The van der Waals surface area contributed by atoms with Crippen LogP contribution in [0.3, 0.4) is 0 Å². The summed E-state index contributed by atoms with van der Waals surface area (Å²) in [5.74, 6) is 0.874. The minimum atomic E-state index is -0.402. The Hall–Kier alpha value is -2.83. The molecule has 0 aromatic heterocycles. The highest BCUT2D eigenvalue weighted by molar-refractivity contribution is 6.07. The number of primary amides is 1. The summed E-state index contributed by atoms with van der Waals surface area (Å²) in [7, 11) is 0. The summed E-state index contributed by atoms with van der Waals surface area (Å²) >= 11 is 0. The van der Waals surface area contributed by atoms with Gasteiger partial charge in [0, 0.05) is 81.1 Å². The number of Topliss-reactive ketones (excluding diaryl/α,β-unsaturated/α-hetero) is 1. The van der Waals surface area contributed by atoms with Crippen molar-refractivity contribution in [1.82, 2.24) is 5.32 Å². The zero-order valence-electron chi connectivity index (χ0n) is 36.0. The van der Waals surface area contributed by atoms with Gasteiger partial charge in [-0.05, 0) is 91.2 Å². The minimum absolute atomic E-state index is 0.0158. The quantitative estimate of drug-likeness (QED) is 0.177. The van der Waals surface area contributed by atoms with Crippen LogP contribution in [-0.4, -0.2) is 40.4 Å². The molecule has 0 aromatic rings. The van der Waals surface area contributed by atoms with Gasteiger partial charge in [0.15, 0.2) is 11.8 Å². The topological polar surface area (TPSA) is 111 Å². The maximum atomic E-state index is 12.7. The van der Waals surface area contributed by atoms with Crippen LogP contribution in [0.4, 0.5) is 0 Å². The van der Waals surface area contributed by atoms with Gasteiger partial charge >= 0.3 is 0 Å². The Morgan fingerprint density at radius 1 is 0.849 bits per heavy atom. The van der Waals surface area contributed by atoms with E-state index in [9.17, 15) is 9.59 Å². The molecule has 5 aliphatic heterocycles. The number of amides is 1. The van der Waals surface area contributed by atoms with E-state index < -0.39 is 5.54 Å². The zero-order valence-corrected chi connectivity index (χ0v) is 36.0. The number of aliphatic imine (C=N–C) groups is 2. The molecule has 294 valence electrons. The Morgan fingerprint density at radius 2 is 1.49 bits per heavy atom. The van der Waals surface area contributed by atoms with E-state index in [0.717, 1.165) is 68.3 Å². The van der Waals surface area contributed by atoms with E-state index in [1.54, 1.807) is 6.92 Å². The zero-order chi connectivity index (χ0) is 39.5. The van der Waals surface area contributed by atoms with Crippen LogP contribution in [0.25, 0.3) is 0 Å². The summed E-state index contributed by atoms with van der Waals surface area (Å²) < 4.78 is 0. The molecule has 0 spiro atoms. The number of carbonyl (C=O) groups is 2. The first-order chi connectivity index (χ1) is 24.8. The lowest BCUT2D eigenvalue weighted by Crippen LogP contribution is -2.84. The molecule has 5 aliphatic rings. The summed E-state index contributed by atoms with van der Waals surface area (Å²) in [6, 6.07) is 0.0669. The maximum Gasteiger partial charge on any atom is 0.217 e. The van der Waals surface area contributed by atoms with Crippen LogP contribution in [0.2, 0.25) is 0 Å². The third-order valence-corrected chi connectivity index (χ3v) is 15.9. The first kappa shape index (κ1) is 41.3. The number of carbonyl (C=O) groups excluding carboxylic acids is 2. The average molecular weight is 729 g/mol. The molecule has 0 radical (unpaired) electrons. The van der Waals surface area contributed by atoms with Crippen LogP contribution < -0.4 is 16.0 Å². The van der Waals surface area contributed by atoms with Gasteiger partial charge in [0.05, 0.1) is 11.1 Å². The summed E-state index contributed by atoms with van der Waals surface area (Å²) in [5.41, 5.74) is 14.4. The molecule has 1 fully saturated rings. The molecule has 0 aromatic carbocycles. The van der Waals surface area contributed by atoms with Crippen molar-refractivity contribution in [2.24, 2.45) is 61.1 Å². The molecular formula is C46H74N5O2+. The van der Waals surface area contributed by atoms with Gasteiger partial charge in [0.2, 0.25) is 5.91 Å². The van der Waals surface area contributed by atoms with Crippen molar-refractivity contribution in [2.75, 3.05) is 0 Å². The van der Waals surface area contributed by atoms with Crippen molar-refractivity contribution in [1.29, 1.82) is 0 Å². The number of hydrogen-bond acceptors (Lipinski definition) is 5. The molecule has 1 saturated heterocycles. The average Bonchev–Trinajstić information content (AvgIpc) is 3.73. The van der Waals surface area contributed by atoms with Crippen LogP contribution in [0.1, 0.15) is 168 Å². The Bertz CT molecular complexity index is 1690. The fourth-order valence-electron chi connectivity index (χ4n) is 12.1. The third kappa shape index (κ3) is 6.26. The van der Waals surface area contributed by atoms with Gasteiger partial charge in [-0.1, -0.05) is 75.2 Å². The van der Waals surface area contributed by atoms with Crippen LogP contribution in [0, 0.1) is 45.3 Å². The van der Waals surface area contributed by atoms with Gasteiger partial charge in [-0.2, -0.15) is 0 Å². The highest BCUT2D eigenvalue weighted by atomic mass is 16.1. The molecule has 5 heterocycles. The smallest absolute Gasteiger partial charge is 0.217 e. The number of allylic oxidation sites excluding steroid dienone is 6. The van der Waals surface area contributed by atoms with Crippen LogP contribution in [0.15, 0.2) is 44.3 Å². The second-order valence-electron chi connectivity index (χ2n) is 19.0. The van der Waals surface area contributed by atoms with E-state index in [1.165, 1.54) is 28.4 Å². The van der Waals surface area contributed by atoms with Crippen molar-refractivity contribution in [3.8, 4) is 0 Å². The molecule has 7 nitrogen and oxygen atoms in total. The van der Waals surface area contributed by atoms with Crippen molar-refractivity contribution in [3.63, 3.8) is 0 Å². The van der Waals surface area contributed by atoms with Gasteiger partial charge in [-0.15, -0.1) is 0 Å². The van der Waals surface area contributed by atoms with Gasteiger partial charge < -0.3 is 15.8 Å². The predicted octanol–water partition coefficient (Wildman–Crippen LogP) is 8.58. The van der Waals surface area contributed by atoms with E-state index in [1.807, 2.05) is 0 Å². The number of ketones is 1. The van der Waals surface area contributed by atoms with Gasteiger partial charge in [0.25, 0.3) is 0 Å². The molecule has 7 heteroatoms. The van der Waals surface area contributed by atoms with Crippen molar-refractivity contribution >= 4 is 28.8 Å². The lowest BCUT2D eigenvalue weighted by Gasteiger charge is -2.45. The lowest BCUT2D eigenvalue weighted by molar-refractivity contribution is -0.517. The summed E-state index contributed by atoms with van der Waals surface area (Å²) in [6.45, 7) is 32.5. The second-order valence-corrected chi connectivity index (χ2v) is 19.0. The minimum Gasteiger partial charge on any atom is -0.370 e. The fraction of sp³-hybridized carbons (Fsp3) is 0.761. The molecule has 0 unspecified atom stereocenters. The molecule has 0 saturated carbocycles. The van der Waals surface area contributed by atoms with E-state index in [4.69, 9.17) is 15.7 Å². The first-order valence-electron chi connectivity index (χ1n) is 21.3. The first-order valence-corrected chi connectivity index (χ1v) is 21.3. The van der Waals surface area contributed by atoms with Crippen molar-refractivity contribution < 1.29 is 14.6 Å². The summed E-state index contributed by atoms with van der Waals surface area (Å²) in [6.07, 6.45) is 12.1. The SMILES string of the molecule is CCC[C@@H]1C2=N[C@@](C)([C@@H]3[NH+]=C(/C(C)=C4N=C(/C=C5\N/C(=C\2C)[C@@](C)(CC)[C@@H]5CCC)C(C)(C)[C@@H]\4CCC(N)=O)[C@](C)(CCC(C)=O)[C@H]3CC)[C@@]1(C)CC. The Balaban J connectivity index is 1.95. The normalized spacial score (nSPS) is 41.2. The fourth-order valence-corrected chi connectivity index (χ4v) is 12.1. The van der Waals surface area contributed by atoms with E-state index in [-0.39, 0.29) is 51.2 Å². The molecule has 9 atom stereocenters. The van der Waals surface area contributed by atoms with E-state index >= 15 is 0 Å². The second kappa shape index (κ2) is 14.7. The molecule has 53 heavy (non-hydrogen) atoms.